The van der Waals surface area contributed by atoms with Gasteiger partial charge in [-0.2, -0.15) is 0 Å². The summed E-state index contributed by atoms with van der Waals surface area (Å²) < 4.78 is 27.5. The average molecular weight is 283 g/mol. The van der Waals surface area contributed by atoms with E-state index in [0.29, 0.717) is 11.3 Å². The maximum Gasteiger partial charge on any atom is 0.241 e. The van der Waals surface area contributed by atoms with Crippen LogP contribution in [0.25, 0.3) is 0 Å². The molecule has 0 saturated heterocycles. The summed E-state index contributed by atoms with van der Waals surface area (Å²) in [6.45, 7) is 7.40. The quantitative estimate of drug-likeness (QED) is 0.888. The van der Waals surface area contributed by atoms with Gasteiger partial charge in [-0.15, -0.1) is 0 Å². The van der Waals surface area contributed by atoms with Crippen molar-refractivity contribution in [2.45, 2.75) is 51.2 Å². The van der Waals surface area contributed by atoms with E-state index in [4.69, 9.17) is 0 Å². The lowest BCUT2D eigenvalue weighted by Gasteiger charge is -2.49. The molecule has 1 aromatic carbocycles. The van der Waals surface area contributed by atoms with Gasteiger partial charge in [0.15, 0.2) is 0 Å². The fraction of sp³-hybridized carbons (Fsp3) is 0.571. The molecule has 0 aromatic heterocycles. The van der Waals surface area contributed by atoms with Crippen LogP contribution in [-0.2, 0) is 10.0 Å². The van der Waals surface area contributed by atoms with E-state index in [1.807, 2.05) is 32.9 Å². The minimum Gasteiger partial charge on any atom is -0.392 e. The average Bonchev–Trinajstić information content (AvgIpc) is 2.31. The number of hydrogen-bond donors (Lipinski definition) is 2. The van der Waals surface area contributed by atoms with E-state index in [1.165, 1.54) is 0 Å². The third kappa shape index (κ3) is 2.55. The van der Waals surface area contributed by atoms with Crippen molar-refractivity contribution in [2.24, 2.45) is 5.41 Å². The van der Waals surface area contributed by atoms with Gasteiger partial charge >= 0.3 is 0 Å². The molecule has 1 aliphatic rings. The van der Waals surface area contributed by atoms with E-state index >= 15 is 0 Å². The molecule has 0 amide bonds. The van der Waals surface area contributed by atoms with Gasteiger partial charge in [0.1, 0.15) is 0 Å². The Hall–Kier alpha value is -0.910. The highest BCUT2D eigenvalue weighted by atomic mass is 32.2. The van der Waals surface area contributed by atoms with Gasteiger partial charge in [0.05, 0.1) is 11.0 Å². The Morgan fingerprint density at radius 2 is 1.95 bits per heavy atom. The standard InChI is InChI=1S/C14H21NO3S/c1-9-5-6-10(2)11(7-9)19(17,18)15-12-8-13(16)14(12,3)4/h5-7,12-13,15-16H,8H2,1-4H3. The zero-order chi connectivity index (χ0) is 14.4. The third-order valence-electron chi connectivity index (χ3n) is 4.15. The van der Waals surface area contributed by atoms with Gasteiger partial charge in [-0.1, -0.05) is 26.0 Å². The maximum atomic E-state index is 12.4. The van der Waals surface area contributed by atoms with E-state index in [1.54, 1.807) is 13.0 Å². The number of nitrogens with one attached hydrogen (secondary N) is 1. The fourth-order valence-corrected chi connectivity index (χ4v) is 4.08. The second kappa shape index (κ2) is 4.58. The molecule has 1 aromatic rings. The Morgan fingerprint density at radius 1 is 1.32 bits per heavy atom. The van der Waals surface area contributed by atoms with Gasteiger partial charge in [-0.3, -0.25) is 0 Å². The Balaban J connectivity index is 2.27. The number of rotatable bonds is 3. The number of sulfonamides is 1. The molecule has 2 atom stereocenters. The van der Waals surface area contributed by atoms with E-state index in [-0.39, 0.29) is 6.04 Å². The summed E-state index contributed by atoms with van der Waals surface area (Å²) in [5.74, 6) is 0. The molecule has 4 nitrogen and oxygen atoms in total. The second-order valence-electron chi connectivity index (χ2n) is 6.02. The van der Waals surface area contributed by atoms with Crippen LogP contribution < -0.4 is 4.72 Å². The summed E-state index contributed by atoms with van der Waals surface area (Å²) in [7, 11) is -3.53. The van der Waals surface area contributed by atoms with Gasteiger partial charge in [0, 0.05) is 11.5 Å². The highest BCUT2D eigenvalue weighted by Crippen LogP contribution is 2.41. The molecule has 0 aliphatic heterocycles. The molecule has 2 rings (SSSR count). The predicted octanol–water partition coefficient (Wildman–Crippen LogP) is 1.74. The van der Waals surface area contributed by atoms with Crippen molar-refractivity contribution in [3.63, 3.8) is 0 Å². The topological polar surface area (TPSA) is 66.4 Å². The molecule has 19 heavy (non-hydrogen) atoms. The summed E-state index contributed by atoms with van der Waals surface area (Å²) in [6, 6.07) is 5.17. The Morgan fingerprint density at radius 3 is 2.47 bits per heavy atom. The van der Waals surface area contributed by atoms with E-state index in [0.717, 1.165) is 11.1 Å². The second-order valence-corrected chi connectivity index (χ2v) is 7.70. The number of benzene rings is 1. The zero-order valence-electron chi connectivity index (χ0n) is 11.8. The maximum absolute atomic E-state index is 12.4. The van der Waals surface area contributed by atoms with Crippen molar-refractivity contribution in [3.8, 4) is 0 Å². The molecule has 2 N–H and O–H groups in total. The summed E-state index contributed by atoms with van der Waals surface area (Å²) in [5, 5.41) is 9.68. The first kappa shape index (κ1) is 14.5. The summed E-state index contributed by atoms with van der Waals surface area (Å²) in [5.41, 5.74) is 1.24. The van der Waals surface area contributed by atoms with Crippen molar-refractivity contribution in [1.29, 1.82) is 0 Å². The molecule has 0 heterocycles. The molecule has 1 aliphatic carbocycles. The molecule has 106 valence electrons. The normalized spacial score (nSPS) is 25.9. The monoisotopic (exact) mass is 283 g/mol. The minimum atomic E-state index is -3.53. The molecule has 5 heteroatoms. The zero-order valence-corrected chi connectivity index (χ0v) is 12.6. The lowest BCUT2D eigenvalue weighted by atomic mass is 9.65. The minimum absolute atomic E-state index is 0.215. The van der Waals surface area contributed by atoms with Gasteiger partial charge in [0.25, 0.3) is 0 Å². The van der Waals surface area contributed by atoms with Crippen LogP contribution in [0.5, 0.6) is 0 Å². The lowest BCUT2D eigenvalue weighted by molar-refractivity contribution is -0.0645. The van der Waals surface area contributed by atoms with Gasteiger partial charge in [-0.25, -0.2) is 13.1 Å². The third-order valence-corrected chi connectivity index (χ3v) is 5.76. The van der Waals surface area contributed by atoms with Crippen LogP contribution in [0.1, 0.15) is 31.4 Å². The summed E-state index contributed by atoms with van der Waals surface area (Å²) >= 11 is 0. The fourth-order valence-electron chi connectivity index (χ4n) is 2.35. The molecule has 2 unspecified atom stereocenters. The summed E-state index contributed by atoms with van der Waals surface area (Å²) in [4.78, 5) is 0.324. The highest BCUT2D eigenvalue weighted by molar-refractivity contribution is 7.89. The van der Waals surface area contributed by atoms with Crippen LogP contribution in [0.2, 0.25) is 0 Å². The van der Waals surface area contributed by atoms with Crippen LogP contribution in [-0.4, -0.2) is 25.7 Å². The first-order valence-corrected chi connectivity index (χ1v) is 7.90. The number of aliphatic hydroxyl groups is 1. The Labute approximate surface area is 114 Å². The van der Waals surface area contributed by atoms with Crippen molar-refractivity contribution in [1.82, 2.24) is 4.72 Å². The van der Waals surface area contributed by atoms with Crippen molar-refractivity contribution in [3.05, 3.63) is 29.3 Å². The molecule has 1 saturated carbocycles. The number of hydrogen-bond acceptors (Lipinski definition) is 3. The van der Waals surface area contributed by atoms with Gasteiger partial charge < -0.3 is 5.11 Å². The molecular formula is C14H21NO3S. The van der Waals surface area contributed by atoms with Crippen LogP contribution in [0, 0.1) is 19.3 Å². The first-order chi connectivity index (χ1) is 8.64. The van der Waals surface area contributed by atoms with Crippen LogP contribution in [0.3, 0.4) is 0 Å². The van der Waals surface area contributed by atoms with E-state index in [2.05, 4.69) is 4.72 Å². The smallest absolute Gasteiger partial charge is 0.241 e. The van der Waals surface area contributed by atoms with Gasteiger partial charge in [-0.05, 0) is 37.5 Å². The SMILES string of the molecule is Cc1ccc(C)c(S(=O)(=O)NC2CC(O)C2(C)C)c1. The molecular weight excluding hydrogens is 262 g/mol. The highest BCUT2D eigenvalue weighted by Gasteiger charge is 2.49. The largest absolute Gasteiger partial charge is 0.392 e. The van der Waals surface area contributed by atoms with E-state index in [9.17, 15) is 13.5 Å². The predicted molar refractivity (Wildman–Crippen MR) is 74.4 cm³/mol. The van der Waals surface area contributed by atoms with Gasteiger partial charge in [0.2, 0.25) is 10.0 Å². The molecule has 0 spiro atoms. The number of aliphatic hydroxyl groups excluding tert-OH is 1. The van der Waals surface area contributed by atoms with Crippen molar-refractivity contribution in [2.75, 3.05) is 0 Å². The first-order valence-electron chi connectivity index (χ1n) is 6.42. The lowest BCUT2D eigenvalue weighted by Crippen LogP contribution is -2.61. The molecule has 1 fully saturated rings. The molecule has 0 bridgehead atoms. The Bertz CT molecular complexity index is 593. The van der Waals surface area contributed by atoms with Crippen LogP contribution >= 0.6 is 0 Å². The van der Waals surface area contributed by atoms with Crippen LogP contribution in [0.4, 0.5) is 0 Å². The summed E-state index contributed by atoms with van der Waals surface area (Å²) in [6.07, 6.45) is 0.0238. The van der Waals surface area contributed by atoms with Crippen molar-refractivity contribution >= 4 is 10.0 Å². The molecule has 0 radical (unpaired) electrons. The van der Waals surface area contributed by atoms with Crippen molar-refractivity contribution < 1.29 is 13.5 Å². The Kier molecular flexibility index (Phi) is 3.49. The number of aryl methyl sites for hydroxylation is 2. The van der Waals surface area contributed by atoms with Crippen LogP contribution in [0.15, 0.2) is 23.1 Å². The van der Waals surface area contributed by atoms with E-state index < -0.39 is 21.5 Å².